The fraction of sp³-hybridized carbons (Fsp3) is 0.500. The summed E-state index contributed by atoms with van der Waals surface area (Å²) < 4.78 is 16.1. The Morgan fingerprint density at radius 1 is 0.523 bits per heavy atom. The first kappa shape index (κ1) is 37.9. The number of rotatable bonds is 23. The van der Waals surface area contributed by atoms with Gasteiger partial charge in [0.2, 0.25) is 0 Å². The second-order valence-corrected chi connectivity index (χ2v) is 12.0. The summed E-state index contributed by atoms with van der Waals surface area (Å²) in [7, 11) is -2.45. The molecule has 0 aliphatic heterocycles. The molecule has 244 valence electrons. The van der Waals surface area contributed by atoms with Crippen molar-refractivity contribution in [3.05, 3.63) is 90.0 Å². The van der Waals surface area contributed by atoms with Gasteiger partial charge in [-0.05, 0) is 61.1 Å². The Labute approximate surface area is 271 Å². The average Bonchev–Trinajstić information content (AvgIpc) is 3.05. The van der Waals surface area contributed by atoms with Gasteiger partial charge in [-0.3, -0.25) is 0 Å². The van der Waals surface area contributed by atoms with Crippen molar-refractivity contribution in [3.8, 4) is 17.2 Å². The second-order valence-electron chi connectivity index (χ2n) is 10.9. The summed E-state index contributed by atoms with van der Waals surface area (Å²) >= 11 is 1.09. The van der Waals surface area contributed by atoms with Crippen LogP contribution in [-0.4, -0.2) is 9.79 Å². The van der Waals surface area contributed by atoms with E-state index >= 15 is 0 Å². The van der Waals surface area contributed by atoms with Crippen molar-refractivity contribution >= 4 is 20.9 Å². The number of para-hydroxylation sites is 3. The molecular formula is C36H53O6PS. The van der Waals surface area contributed by atoms with Crippen LogP contribution in [0.4, 0.5) is 0 Å². The summed E-state index contributed by atoms with van der Waals surface area (Å²) in [4.78, 5) is 21.1. The molecule has 3 aromatic rings. The van der Waals surface area contributed by atoms with Crippen LogP contribution < -0.4 is 13.3 Å². The minimum Gasteiger partial charge on any atom is -0.391 e. The van der Waals surface area contributed by atoms with Crippen LogP contribution in [0.3, 0.4) is 0 Å². The van der Waals surface area contributed by atoms with Gasteiger partial charge in [0.05, 0.1) is 0 Å². The standard InChI is InChI=1S/C30H46O2S.C6H7O4P/c1-3-5-7-9-11-13-15-21-27-23-17-19-25-29(27)31-33-32-30-26-20-18-24-28(30)22-16-14-12-10-8-6-4-2;7-11(8)10-9-6-4-2-1-3-5-6/h17-20,23-26H,3-16,21-22H2,1-2H3;1-5,7-8H. The molecule has 0 bridgehead atoms. The number of hydrogen-bond donors (Lipinski definition) is 2. The van der Waals surface area contributed by atoms with Crippen molar-refractivity contribution in [2.24, 2.45) is 0 Å². The number of unbranched alkanes of at least 4 members (excludes halogenated alkanes) is 12. The first-order valence-electron chi connectivity index (χ1n) is 16.4. The normalized spacial score (nSPS) is 10.8. The Hall–Kier alpha value is -2.28. The topological polar surface area (TPSA) is 77.4 Å². The van der Waals surface area contributed by atoms with Crippen molar-refractivity contribution in [2.45, 2.75) is 117 Å². The molecule has 6 nitrogen and oxygen atoms in total. The molecule has 0 aliphatic carbocycles. The highest BCUT2D eigenvalue weighted by Gasteiger charge is 2.08. The highest BCUT2D eigenvalue weighted by molar-refractivity contribution is 7.90. The molecule has 0 amide bonds. The van der Waals surface area contributed by atoms with E-state index in [1.807, 2.05) is 18.2 Å². The molecule has 3 aromatic carbocycles. The Balaban J connectivity index is 0.000000514. The largest absolute Gasteiger partial charge is 0.391 e. The molecule has 0 atom stereocenters. The molecule has 0 radical (unpaired) electrons. The maximum Gasteiger partial charge on any atom is 0.370 e. The first-order chi connectivity index (χ1) is 21.6. The van der Waals surface area contributed by atoms with E-state index in [-0.39, 0.29) is 0 Å². The van der Waals surface area contributed by atoms with Gasteiger partial charge in [-0.2, -0.15) is 0 Å². The van der Waals surface area contributed by atoms with Gasteiger partial charge in [-0.1, -0.05) is 145 Å². The first-order valence-corrected chi connectivity index (χ1v) is 18.2. The van der Waals surface area contributed by atoms with Crippen LogP contribution in [-0.2, 0) is 17.5 Å². The summed E-state index contributed by atoms with van der Waals surface area (Å²) in [6, 6.07) is 25.3. The number of aryl methyl sites for hydroxylation is 2. The summed E-state index contributed by atoms with van der Waals surface area (Å²) in [6.45, 7) is 4.54. The van der Waals surface area contributed by atoms with E-state index < -0.39 is 8.60 Å². The van der Waals surface area contributed by atoms with Crippen molar-refractivity contribution in [3.63, 3.8) is 0 Å². The fourth-order valence-corrected chi connectivity index (χ4v) is 5.43. The lowest BCUT2D eigenvalue weighted by Crippen LogP contribution is -1.96. The smallest absolute Gasteiger partial charge is 0.370 e. The molecule has 0 spiro atoms. The predicted octanol–water partition coefficient (Wildman–Crippen LogP) is 11.5. The predicted molar refractivity (Wildman–Crippen MR) is 185 cm³/mol. The van der Waals surface area contributed by atoms with Gasteiger partial charge in [0.1, 0.15) is 11.5 Å². The van der Waals surface area contributed by atoms with Crippen molar-refractivity contribution < 1.29 is 27.7 Å². The molecule has 2 N–H and O–H groups in total. The van der Waals surface area contributed by atoms with Crippen molar-refractivity contribution in [1.82, 2.24) is 0 Å². The zero-order valence-electron chi connectivity index (χ0n) is 26.7. The zero-order valence-corrected chi connectivity index (χ0v) is 28.4. The van der Waals surface area contributed by atoms with E-state index in [0.717, 1.165) is 36.7 Å². The monoisotopic (exact) mass is 644 g/mol. The SMILES string of the molecule is CCCCCCCCCc1ccccc1OSOc1ccccc1CCCCCCCCC.OP(O)OOc1ccccc1. The van der Waals surface area contributed by atoms with Gasteiger partial charge in [0.25, 0.3) is 12.3 Å². The maximum atomic E-state index is 8.29. The average molecular weight is 645 g/mol. The van der Waals surface area contributed by atoms with Crippen LogP contribution in [0, 0.1) is 0 Å². The Bertz CT molecular complexity index is 1020. The van der Waals surface area contributed by atoms with E-state index in [1.54, 1.807) is 24.3 Å². The highest BCUT2D eigenvalue weighted by atomic mass is 32.2. The lowest BCUT2D eigenvalue weighted by molar-refractivity contribution is -0.109. The summed E-state index contributed by atoms with van der Waals surface area (Å²) in [5, 5.41) is 0. The van der Waals surface area contributed by atoms with Gasteiger partial charge >= 0.3 is 8.60 Å². The lowest BCUT2D eigenvalue weighted by Gasteiger charge is -2.12. The summed E-state index contributed by atoms with van der Waals surface area (Å²) in [5.74, 6) is 2.29. The van der Waals surface area contributed by atoms with Gasteiger partial charge in [0, 0.05) is 0 Å². The fourth-order valence-electron chi connectivity index (χ4n) is 4.77. The third-order valence-electron chi connectivity index (χ3n) is 7.24. The molecular weight excluding hydrogens is 591 g/mol. The summed E-state index contributed by atoms with van der Waals surface area (Å²) in [5.41, 5.74) is 2.55. The molecule has 0 aliphatic rings. The van der Waals surface area contributed by atoms with Gasteiger partial charge < -0.3 is 23.0 Å². The number of benzene rings is 3. The maximum absolute atomic E-state index is 8.29. The van der Waals surface area contributed by atoms with E-state index in [4.69, 9.17) is 18.2 Å². The molecule has 0 aromatic heterocycles. The molecule has 0 saturated heterocycles. The molecule has 44 heavy (non-hydrogen) atoms. The molecule has 8 heteroatoms. The van der Waals surface area contributed by atoms with Crippen molar-refractivity contribution in [2.75, 3.05) is 0 Å². The highest BCUT2D eigenvalue weighted by Crippen LogP contribution is 2.29. The Kier molecular flexibility index (Phi) is 22.4. The quantitative estimate of drug-likeness (QED) is 0.0350. The third-order valence-corrected chi connectivity index (χ3v) is 7.94. The minimum absolute atomic E-state index is 0.433. The lowest BCUT2D eigenvalue weighted by atomic mass is 10.0. The minimum atomic E-state index is -2.45. The number of hydrogen-bond acceptors (Lipinski definition) is 7. The second kappa shape index (κ2) is 26.0. The zero-order chi connectivity index (χ0) is 31.5. The van der Waals surface area contributed by atoms with Crippen LogP contribution in [0.2, 0.25) is 0 Å². The van der Waals surface area contributed by atoms with Gasteiger partial charge in [0.15, 0.2) is 5.75 Å². The molecule has 0 unspecified atom stereocenters. The third kappa shape index (κ3) is 18.5. The Morgan fingerprint density at radius 3 is 1.39 bits per heavy atom. The van der Waals surface area contributed by atoms with E-state index in [0.29, 0.717) is 5.75 Å². The van der Waals surface area contributed by atoms with Crippen molar-refractivity contribution in [1.29, 1.82) is 0 Å². The summed E-state index contributed by atoms with van der Waals surface area (Å²) in [6.07, 6.45) is 20.7. The van der Waals surface area contributed by atoms with E-state index in [2.05, 4.69) is 59.8 Å². The van der Waals surface area contributed by atoms with Crippen LogP contribution in [0.25, 0.3) is 0 Å². The van der Waals surface area contributed by atoms with Gasteiger partial charge in [-0.25, -0.2) is 0 Å². The molecule has 0 heterocycles. The van der Waals surface area contributed by atoms with E-state index in [1.165, 1.54) is 101 Å². The Morgan fingerprint density at radius 2 is 0.932 bits per heavy atom. The molecule has 0 saturated carbocycles. The van der Waals surface area contributed by atoms with Crippen LogP contribution in [0.15, 0.2) is 78.9 Å². The van der Waals surface area contributed by atoms with Crippen LogP contribution in [0.5, 0.6) is 17.2 Å². The van der Waals surface area contributed by atoms with E-state index in [9.17, 15) is 0 Å². The molecule has 3 rings (SSSR count). The van der Waals surface area contributed by atoms with Crippen LogP contribution in [0.1, 0.15) is 115 Å². The van der Waals surface area contributed by atoms with Crippen LogP contribution >= 0.6 is 20.9 Å². The molecule has 0 fully saturated rings. The van der Waals surface area contributed by atoms with Gasteiger partial charge in [-0.15, -0.1) is 4.67 Å².